The van der Waals surface area contributed by atoms with E-state index in [4.69, 9.17) is 9.66 Å². The van der Waals surface area contributed by atoms with Crippen LogP contribution in [0.15, 0.2) is 63.7 Å². The lowest BCUT2D eigenvalue weighted by molar-refractivity contribution is 0.0697. The van der Waals surface area contributed by atoms with Crippen LogP contribution < -0.4 is 0 Å². The maximum atomic E-state index is 11.0. The highest BCUT2D eigenvalue weighted by Gasteiger charge is 2.09. The fourth-order valence-corrected chi connectivity index (χ4v) is 2.01. The fourth-order valence-electron chi connectivity index (χ4n) is 1.49. The van der Waals surface area contributed by atoms with Crippen LogP contribution >= 0.6 is 0 Å². The van der Waals surface area contributed by atoms with E-state index < -0.39 is 16.1 Å². The standard InChI is InChI=1S/C13H10N2O5S/c16-13(17)9-4-6-10(7-5-9)14-15-11-2-1-3-12(8-11)21(18,19)20/h1-8H,(H,16,17)(H,18,19,20)/b15-14+. The third kappa shape index (κ3) is 3.94. The zero-order valence-corrected chi connectivity index (χ0v) is 11.4. The molecule has 0 aromatic heterocycles. The zero-order chi connectivity index (χ0) is 15.5. The van der Waals surface area contributed by atoms with E-state index in [1.807, 2.05) is 0 Å². The molecule has 0 aliphatic carbocycles. The number of benzene rings is 2. The summed E-state index contributed by atoms with van der Waals surface area (Å²) in [5.41, 5.74) is 0.784. The second-order valence-electron chi connectivity index (χ2n) is 4.02. The first-order valence-electron chi connectivity index (χ1n) is 5.69. The molecule has 0 aliphatic heterocycles. The Balaban J connectivity index is 2.23. The highest BCUT2D eigenvalue weighted by molar-refractivity contribution is 7.85. The average molecular weight is 306 g/mol. The number of rotatable bonds is 4. The molecule has 0 fully saturated rings. The molecular weight excluding hydrogens is 296 g/mol. The van der Waals surface area contributed by atoms with Gasteiger partial charge in [-0.3, -0.25) is 4.55 Å². The minimum Gasteiger partial charge on any atom is -0.478 e. The van der Waals surface area contributed by atoms with Crippen molar-refractivity contribution in [3.05, 3.63) is 54.1 Å². The van der Waals surface area contributed by atoms with Gasteiger partial charge in [0.1, 0.15) is 0 Å². The van der Waals surface area contributed by atoms with Crippen molar-refractivity contribution in [2.24, 2.45) is 10.2 Å². The minimum absolute atomic E-state index is 0.127. The van der Waals surface area contributed by atoms with Crippen molar-refractivity contribution in [2.45, 2.75) is 4.90 Å². The molecule has 0 saturated heterocycles. The largest absolute Gasteiger partial charge is 0.478 e. The van der Waals surface area contributed by atoms with Crippen LogP contribution in [-0.2, 0) is 10.1 Å². The number of aromatic carboxylic acids is 1. The Morgan fingerprint density at radius 3 is 2.14 bits per heavy atom. The van der Waals surface area contributed by atoms with Crippen molar-refractivity contribution in [1.29, 1.82) is 0 Å². The molecule has 0 heterocycles. The Kier molecular flexibility index (Phi) is 4.10. The molecule has 108 valence electrons. The van der Waals surface area contributed by atoms with Gasteiger partial charge in [0, 0.05) is 0 Å². The first-order chi connectivity index (χ1) is 9.86. The molecule has 2 aromatic rings. The van der Waals surface area contributed by atoms with Gasteiger partial charge in [0.2, 0.25) is 0 Å². The van der Waals surface area contributed by atoms with E-state index in [-0.39, 0.29) is 16.1 Å². The maximum absolute atomic E-state index is 11.0. The van der Waals surface area contributed by atoms with E-state index in [1.165, 1.54) is 48.5 Å². The van der Waals surface area contributed by atoms with Gasteiger partial charge in [-0.05, 0) is 42.5 Å². The van der Waals surface area contributed by atoms with Crippen molar-refractivity contribution in [3.8, 4) is 0 Å². The molecule has 7 nitrogen and oxygen atoms in total. The summed E-state index contributed by atoms with van der Waals surface area (Å²) in [7, 11) is -4.29. The second-order valence-corrected chi connectivity index (χ2v) is 5.45. The number of nitrogens with zero attached hydrogens (tertiary/aromatic N) is 2. The summed E-state index contributed by atoms with van der Waals surface area (Å²) in [6.45, 7) is 0. The number of carbonyl (C=O) groups is 1. The summed E-state index contributed by atoms with van der Waals surface area (Å²) in [4.78, 5) is 10.4. The Hall–Kier alpha value is -2.58. The zero-order valence-electron chi connectivity index (χ0n) is 10.5. The molecule has 0 aliphatic rings. The molecule has 2 rings (SSSR count). The van der Waals surface area contributed by atoms with Crippen LogP contribution in [0.2, 0.25) is 0 Å². The van der Waals surface area contributed by atoms with Gasteiger partial charge in [0.15, 0.2) is 0 Å². The van der Waals surface area contributed by atoms with Gasteiger partial charge in [-0.15, -0.1) is 0 Å². The number of hydrogen-bond acceptors (Lipinski definition) is 5. The Bertz CT molecular complexity index is 798. The van der Waals surface area contributed by atoms with Crippen LogP contribution in [0.3, 0.4) is 0 Å². The molecule has 0 bridgehead atoms. The smallest absolute Gasteiger partial charge is 0.335 e. The van der Waals surface area contributed by atoms with E-state index in [9.17, 15) is 13.2 Å². The fraction of sp³-hybridized carbons (Fsp3) is 0. The van der Waals surface area contributed by atoms with Crippen molar-refractivity contribution < 1.29 is 22.9 Å². The van der Waals surface area contributed by atoms with Crippen LogP contribution in [0.4, 0.5) is 11.4 Å². The maximum Gasteiger partial charge on any atom is 0.335 e. The van der Waals surface area contributed by atoms with Crippen LogP contribution in [0.25, 0.3) is 0 Å². The van der Waals surface area contributed by atoms with Crippen LogP contribution in [-0.4, -0.2) is 24.0 Å². The summed E-state index contributed by atoms with van der Waals surface area (Å²) in [6, 6.07) is 11.0. The second kappa shape index (κ2) is 5.81. The molecule has 0 amide bonds. The number of carboxylic acid groups (broad SMARTS) is 1. The van der Waals surface area contributed by atoms with Crippen molar-refractivity contribution in [3.63, 3.8) is 0 Å². The lowest BCUT2D eigenvalue weighted by Crippen LogP contribution is -1.96. The third-order valence-corrected chi connectivity index (χ3v) is 3.36. The molecule has 0 atom stereocenters. The SMILES string of the molecule is O=C(O)c1ccc(/N=N/c2cccc(S(=O)(=O)O)c2)cc1. The Morgan fingerprint density at radius 2 is 1.57 bits per heavy atom. The van der Waals surface area contributed by atoms with E-state index >= 15 is 0 Å². The average Bonchev–Trinajstić information content (AvgIpc) is 2.45. The van der Waals surface area contributed by atoms with Gasteiger partial charge in [0.25, 0.3) is 10.1 Å². The summed E-state index contributed by atoms with van der Waals surface area (Å²) in [6.07, 6.45) is 0. The molecule has 2 aromatic carbocycles. The lowest BCUT2D eigenvalue weighted by atomic mass is 10.2. The van der Waals surface area contributed by atoms with Gasteiger partial charge in [0.05, 0.1) is 21.8 Å². The quantitative estimate of drug-likeness (QED) is 0.665. The van der Waals surface area contributed by atoms with Crippen LogP contribution in [0.1, 0.15) is 10.4 Å². The van der Waals surface area contributed by atoms with Gasteiger partial charge in [-0.1, -0.05) is 6.07 Å². The molecule has 0 unspecified atom stereocenters. The summed E-state index contributed by atoms with van der Waals surface area (Å²) in [5.74, 6) is -1.04. The van der Waals surface area contributed by atoms with Gasteiger partial charge in [-0.25, -0.2) is 4.79 Å². The highest BCUT2D eigenvalue weighted by atomic mass is 32.2. The van der Waals surface area contributed by atoms with Gasteiger partial charge < -0.3 is 5.11 Å². The summed E-state index contributed by atoms with van der Waals surface area (Å²) in [5, 5.41) is 16.4. The Labute approximate surface area is 120 Å². The molecule has 0 spiro atoms. The lowest BCUT2D eigenvalue weighted by Gasteiger charge is -1.98. The summed E-state index contributed by atoms with van der Waals surface area (Å²) < 4.78 is 30.9. The van der Waals surface area contributed by atoms with Crippen molar-refractivity contribution in [2.75, 3.05) is 0 Å². The number of azo groups is 1. The Morgan fingerprint density at radius 1 is 0.952 bits per heavy atom. The molecular formula is C13H10N2O5S. The first-order valence-corrected chi connectivity index (χ1v) is 7.13. The number of hydrogen-bond donors (Lipinski definition) is 2. The van der Waals surface area contributed by atoms with Crippen LogP contribution in [0.5, 0.6) is 0 Å². The highest BCUT2D eigenvalue weighted by Crippen LogP contribution is 2.21. The molecule has 21 heavy (non-hydrogen) atoms. The molecule has 0 radical (unpaired) electrons. The third-order valence-electron chi connectivity index (χ3n) is 2.51. The topological polar surface area (TPSA) is 116 Å². The van der Waals surface area contributed by atoms with E-state index in [2.05, 4.69) is 10.2 Å². The molecule has 0 saturated carbocycles. The van der Waals surface area contributed by atoms with E-state index in [0.29, 0.717) is 5.69 Å². The summed E-state index contributed by atoms with van der Waals surface area (Å²) >= 11 is 0. The monoisotopic (exact) mass is 306 g/mol. The molecule has 2 N–H and O–H groups in total. The predicted molar refractivity (Wildman–Crippen MR) is 73.8 cm³/mol. The molecule has 8 heteroatoms. The van der Waals surface area contributed by atoms with Crippen LogP contribution in [0, 0.1) is 0 Å². The van der Waals surface area contributed by atoms with E-state index in [1.54, 1.807) is 0 Å². The van der Waals surface area contributed by atoms with Gasteiger partial charge >= 0.3 is 5.97 Å². The van der Waals surface area contributed by atoms with Crippen molar-refractivity contribution >= 4 is 27.5 Å². The number of carboxylic acids is 1. The predicted octanol–water partition coefficient (Wildman–Crippen LogP) is 3.05. The first kappa shape index (κ1) is 14.8. The normalized spacial score (nSPS) is 11.7. The van der Waals surface area contributed by atoms with E-state index in [0.717, 1.165) is 0 Å². The van der Waals surface area contributed by atoms with Crippen molar-refractivity contribution in [1.82, 2.24) is 0 Å². The van der Waals surface area contributed by atoms with Gasteiger partial charge in [-0.2, -0.15) is 18.6 Å². The minimum atomic E-state index is -4.29.